The molecule has 1 heterocycles. The number of nitrogens with zero attached hydrogens (tertiary/aromatic N) is 2. The van der Waals surface area contributed by atoms with Gasteiger partial charge in [-0.05, 0) is 37.1 Å². The van der Waals surface area contributed by atoms with Crippen LogP contribution in [0.3, 0.4) is 0 Å². The third-order valence-electron chi connectivity index (χ3n) is 3.84. The number of alkyl halides is 3. The average Bonchev–Trinajstić information content (AvgIpc) is 2.65. The summed E-state index contributed by atoms with van der Waals surface area (Å²) in [6, 6.07) is 5.32. The first-order valence-electron chi connectivity index (χ1n) is 8.99. The van der Waals surface area contributed by atoms with Gasteiger partial charge in [0.05, 0.1) is 17.9 Å². The van der Waals surface area contributed by atoms with Gasteiger partial charge in [-0.3, -0.25) is 9.59 Å². The van der Waals surface area contributed by atoms with Gasteiger partial charge in [-0.15, -0.1) is 0 Å². The Morgan fingerprint density at radius 2 is 1.93 bits per heavy atom. The number of amides is 1. The van der Waals surface area contributed by atoms with Crippen LogP contribution in [0.5, 0.6) is 5.75 Å². The Hall–Kier alpha value is -2.84. The first-order valence-corrected chi connectivity index (χ1v) is 8.99. The van der Waals surface area contributed by atoms with Crippen LogP contribution in [0, 0.1) is 0 Å². The minimum Gasteiger partial charge on any atom is -0.491 e. The number of anilines is 1. The average molecular weight is 397 g/mol. The van der Waals surface area contributed by atoms with E-state index in [0.717, 1.165) is 18.6 Å². The highest BCUT2D eigenvalue weighted by Gasteiger charge is 2.31. The highest BCUT2D eigenvalue weighted by atomic mass is 19.4. The molecule has 0 radical (unpaired) electrons. The quantitative estimate of drug-likeness (QED) is 0.728. The van der Waals surface area contributed by atoms with Gasteiger partial charge in [0.2, 0.25) is 0 Å². The number of ether oxygens (including phenoxy) is 1. The van der Waals surface area contributed by atoms with Crippen LogP contribution in [0.25, 0.3) is 0 Å². The van der Waals surface area contributed by atoms with Crippen molar-refractivity contribution in [2.45, 2.75) is 45.8 Å². The standard InChI is InChI=1S/C19H22F3N3O3/c1-3-5-10-25-17(26)9-7-14(24-25)18(27)23-15-12-13(19(20,21)22)6-8-16(15)28-11-4-2/h6-9,12H,3-5,10-11H2,1-2H3,(H,23,27). The third-order valence-corrected chi connectivity index (χ3v) is 3.84. The summed E-state index contributed by atoms with van der Waals surface area (Å²) in [5.74, 6) is -0.603. The van der Waals surface area contributed by atoms with Crippen molar-refractivity contribution in [2.24, 2.45) is 0 Å². The second kappa shape index (κ2) is 9.38. The molecule has 0 bridgehead atoms. The number of unbranched alkanes of at least 4 members (excludes halogenated alkanes) is 1. The van der Waals surface area contributed by atoms with Crippen molar-refractivity contribution in [2.75, 3.05) is 11.9 Å². The van der Waals surface area contributed by atoms with Crippen LogP contribution in [0.2, 0.25) is 0 Å². The Morgan fingerprint density at radius 3 is 2.57 bits per heavy atom. The molecule has 28 heavy (non-hydrogen) atoms. The summed E-state index contributed by atoms with van der Waals surface area (Å²) in [5, 5.41) is 6.41. The maximum atomic E-state index is 13.0. The highest BCUT2D eigenvalue weighted by molar-refractivity contribution is 6.03. The van der Waals surface area contributed by atoms with Crippen molar-refractivity contribution in [3.63, 3.8) is 0 Å². The van der Waals surface area contributed by atoms with Crippen LogP contribution >= 0.6 is 0 Å². The zero-order valence-corrected chi connectivity index (χ0v) is 15.7. The monoisotopic (exact) mass is 397 g/mol. The van der Waals surface area contributed by atoms with Crippen molar-refractivity contribution in [3.05, 3.63) is 51.9 Å². The van der Waals surface area contributed by atoms with E-state index in [0.29, 0.717) is 19.4 Å². The fourth-order valence-electron chi connectivity index (χ4n) is 2.37. The molecule has 2 rings (SSSR count). The van der Waals surface area contributed by atoms with E-state index in [4.69, 9.17) is 4.74 Å². The van der Waals surface area contributed by atoms with Crippen molar-refractivity contribution < 1.29 is 22.7 Å². The van der Waals surface area contributed by atoms with E-state index in [1.54, 1.807) is 0 Å². The maximum absolute atomic E-state index is 13.0. The largest absolute Gasteiger partial charge is 0.491 e. The van der Waals surface area contributed by atoms with Crippen molar-refractivity contribution >= 4 is 11.6 Å². The fraction of sp³-hybridized carbons (Fsp3) is 0.421. The predicted molar refractivity (Wildman–Crippen MR) is 98.6 cm³/mol. The lowest BCUT2D eigenvalue weighted by atomic mass is 10.1. The molecule has 1 N–H and O–H groups in total. The van der Waals surface area contributed by atoms with Gasteiger partial charge in [-0.25, -0.2) is 4.68 Å². The Bertz CT molecular complexity index is 879. The number of aryl methyl sites for hydroxylation is 1. The molecule has 0 aliphatic heterocycles. The van der Waals surface area contributed by atoms with Crippen LogP contribution in [0.4, 0.5) is 18.9 Å². The molecular formula is C19H22F3N3O3. The van der Waals surface area contributed by atoms with Crippen LogP contribution in [-0.4, -0.2) is 22.3 Å². The second-order valence-electron chi connectivity index (χ2n) is 6.14. The SMILES string of the molecule is CCCCn1nc(C(=O)Nc2cc(C(F)(F)F)ccc2OCCC)ccc1=O. The summed E-state index contributed by atoms with van der Waals surface area (Å²) in [6.45, 7) is 4.44. The van der Waals surface area contributed by atoms with E-state index in [-0.39, 0.29) is 29.3 Å². The molecule has 0 atom stereocenters. The molecule has 0 fully saturated rings. The Morgan fingerprint density at radius 1 is 1.18 bits per heavy atom. The van der Waals surface area contributed by atoms with Gasteiger partial charge in [0, 0.05) is 12.6 Å². The molecule has 0 unspecified atom stereocenters. The van der Waals surface area contributed by atoms with Crippen molar-refractivity contribution in [3.8, 4) is 5.75 Å². The summed E-state index contributed by atoms with van der Waals surface area (Å²) < 4.78 is 45.7. The number of halogens is 3. The Labute approximate surface area is 160 Å². The molecule has 2 aromatic rings. The number of hydrogen-bond donors (Lipinski definition) is 1. The van der Waals surface area contributed by atoms with Gasteiger partial charge in [-0.1, -0.05) is 20.3 Å². The number of carbonyl (C=O) groups excluding carboxylic acids is 1. The zero-order valence-electron chi connectivity index (χ0n) is 15.7. The molecule has 9 heteroatoms. The van der Waals surface area contributed by atoms with E-state index in [1.165, 1.54) is 22.9 Å². The molecule has 1 aromatic carbocycles. The van der Waals surface area contributed by atoms with E-state index in [9.17, 15) is 22.8 Å². The van der Waals surface area contributed by atoms with Crippen LogP contribution < -0.4 is 15.6 Å². The van der Waals surface area contributed by atoms with Crippen LogP contribution in [0.15, 0.2) is 35.1 Å². The molecule has 152 valence electrons. The lowest BCUT2D eigenvalue weighted by molar-refractivity contribution is -0.137. The summed E-state index contributed by atoms with van der Waals surface area (Å²) in [5.41, 5.74) is -1.44. The van der Waals surface area contributed by atoms with E-state index in [1.807, 2.05) is 13.8 Å². The zero-order chi connectivity index (χ0) is 20.7. The summed E-state index contributed by atoms with van der Waals surface area (Å²) in [7, 11) is 0. The van der Waals surface area contributed by atoms with E-state index in [2.05, 4.69) is 10.4 Å². The molecule has 0 aliphatic carbocycles. The van der Waals surface area contributed by atoms with Gasteiger partial charge < -0.3 is 10.1 Å². The summed E-state index contributed by atoms with van der Waals surface area (Å²) >= 11 is 0. The molecular weight excluding hydrogens is 375 g/mol. The molecule has 0 spiro atoms. The number of aromatic nitrogens is 2. The minimum absolute atomic E-state index is 0.0745. The van der Waals surface area contributed by atoms with Gasteiger partial charge >= 0.3 is 6.18 Å². The third kappa shape index (κ3) is 5.58. The van der Waals surface area contributed by atoms with E-state index >= 15 is 0 Å². The number of rotatable bonds is 8. The van der Waals surface area contributed by atoms with Crippen LogP contribution in [0.1, 0.15) is 49.2 Å². The Balaban J connectivity index is 2.32. The lowest BCUT2D eigenvalue weighted by Gasteiger charge is -2.15. The Kier molecular flexibility index (Phi) is 7.19. The van der Waals surface area contributed by atoms with Crippen molar-refractivity contribution in [1.29, 1.82) is 0 Å². The smallest absolute Gasteiger partial charge is 0.416 e. The topological polar surface area (TPSA) is 73.2 Å². The van der Waals surface area contributed by atoms with Gasteiger partial charge in [0.15, 0.2) is 0 Å². The highest BCUT2D eigenvalue weighted by Crippen LogP contribution is 2.35. The molecule has 0 saturated heterocycles. The molecule has 6 nitrogen and oxygen atoms in total. The van der Waals surface area contributed by atoms with Gasteiger partial charge in [-0.2, -0.15) is 18.3 Å². The normalized spacial score (nSPS) is 11.3. The number of hydrogen-bond acceptors (Lipinski definition) is 4. The molecule has 0 aliphatic rings. The molecule has 0 saturated carbocycles. The predicted octanol–water partition coefficient (Wildman–Crippen LogP) is 4.10. The van der Waals surface area contributed by atoms with Crippen molar-refractivity contribution in [1.82, 2.24) is 9.78 Å². The van der Waals surface area contributed by atoms with E-state index < -0.39 is 17.6 Å². The number of carbonyl (C=O) groups is 1. The van der Waals surface area contributed by atoms with Crippen LogP contribution in [-0.2, 0) is 12.7 Å². The minimum atomic E-state index is -4.56. The van der Waals surface area contributed by atoms with Gasteiger partial charge in [0.25, 0.3) is 11.5 Å². The lowest BCUT2D eigenvalue weighted by Crippen LogP contribution is -2.26. The molecule has 1 amide bonds. The number of nitrogens with one attached hydrogen (secondary N) is 1. The first kappa shape index (κ1) is 21.5. The second-order valence-corrected chi connectivity index (χ2v) is 6.14. The summed E-state index contributed by atoms with van der Waals surface area (Å²) in [4.78, 5) is 24.3. The van der Waals surface area contributed by atoms with Gasteiger partial charge in [0.1, 0.15) is 11.4 Å². The maximum Gasteiger partial charge on any atom is 0.416 e. The number of benzene rings is 1. The molecule has 1 aromatic heterocycles. The summed E-state index contributed by atoms with van der Waals surface area (Å²) in [6.07, 6.45) is -2.36. The fourth-order valence-corrected chi connectivity index (χ4v) is 2.37. The first-order chi connectivity index (χ1) is 13.3.